The Labute approximate surface area is 132 Å². The van der Waals surface area contributed by atoms with Crippen molar-refractivity contribution in [1.29, 1.82) is 0 Å². The molecule has 1 aromatic carbocycles. The number of rotatable bonds is 4. The summed E-state index contributed by atoms with van der Waals surface area (Å²) in [5, 5.41) is 5.11. The van der Waals surface area contributed by atoms with Crippen LogP contribution in [-0.2, 0) is 16.6 Å². The Hall–Kier alpha value is -1.77. The van der Waals surface area contributed by atoms with E-state index in [1.165, 1.54) is 15.9 Å². The van der Waals surface area contributed by atoms with Crippen molar-refractivity contribution in [3.8, 4) is 0 Å². The van der Waals surface area contributed by atoms with Crippen molar-refractivity contribution in [2.45, 2.75) is 32.3 Å². The number of nitrogens with zero attached hydrogens (tertiary/aromatic N) is 3. The fourth-order valence-electron chi connectivity index (χ4n) is 2.19. The second kappa shape index (κ2) is 5.45. The molecule has 3 rings (SSSR count). The topological polar surface area (TPSA) is 76.4 Å². The van der Waals surface area contributed by atoms with Crippen LogP contribution in [0.1, 0.15) is 21.8 Å². The van der Waals surface area contributed by atoms with Crippen LogP contribution >= 0.6 is 11.3 Å². The van der Waals surface area contributed by atoms with Gasteiger partial charge in [-0.25, -0.2) is 18.1 Å². The number of fused-ring (bicyclic) bond motifs is 1. The Morgan fingerprint density at radius 2 is 1.86 bits per heavy atom. The lowest BCUT2D eigenvalue weighted by atomic mass is 10.2. The van der Waals surface area contributed by atoms with Gasteiger partial charge >= 0.3 is 0 Å². The predicted octanol–water partition coefficient (Wildman–Crippen LogP) is 2.19. The minimum Gasteiger partial charge on any atom is -0.221 e. The third-order valence-electron chi connectivity index (χ3n) is 3.27. The van der Waals surface area contributed by atoms with E-state index in [-0.39, 0.29) is 11.6 Å². The van der Waals surface area contributed by atoms with Crippen molar-refractivity contribution in [3.05, 3.63) is 46.1 Å². The summed E-state index contributed by atoms with van der Waals surface area (Å²) in [5.41, 5.74) is 2.50. The van der Waals surface area contributed by atoms with Crippen molar-refractivity contribution >= 4 is 26.3 Å². The van der Waals surface area contributed by atoms with Crippen molar-refractivity contribution in [2.75, 3.05) is 0 Å². The molecule has 0 saturated carbocycles. The van der Waals surface area contributed by atoms with Crippen molar-refractivity contribution < 1.29 is 8.42 Å². The highest BCUT2D eigenvalue weighted by Gasteiger charge is 2.25. The van der Waals surface area contributed by atoms with E-state index in [2.05, 4.69) is 14.8 Å². The molecular weight excluding hydrogens is 320 g/mol. The van der Waals surface area contributed by atoms with E-state index in [4.69, 9.17) is 0 Å². The molecule has 0 radical (unpaired) electrons. The quantitative estimate of drug-likeness (QED) is 0.792. The standard InChI is InChI=1S/C14H16N4O2S2/c1-9-4-6-12(7-5-9)8-15-22(19,20)13-10(2)16-14-18(13)17-11(3)21-14/h4-7,15H,8H2,1-3H3. The Balaban J connectivity index is 1.91. The van der Waals surface area contributed by atoms with Gasteiger partial charge in [-0.2, -0.15) is 9.61 Å². The number of hydrogen-bond acceptors (Lipinski definition) is 5. The first-order chi connectivity index (χ1) is 10.4. The molecule has 0 aliphatic rings. The van der Waals surface area contributed by atoms with Crippen LogP contribution in [-0.4, -0.2) is 23.0 Å². The summed E-state index contributed by atoms with van der Waals surface area (Å²) in [4.78, 5) is 4.86. The monoisotopic (exact) mass is 336 g/mol. The molecule has 2 aromatic heterocycles. The van der Waals surface area contributed by atoms with Crippen LogP contribution in [0.5, 0.6) is 0 Å². The van der Waals surface area contributed by atoms with Crippen LogP contribution in [0.2, 0.25) is 0 Å². The fourth-order valence-corrected chi connectivity index (χ4v) is 4.32. The molecule has 0 fully saturated rings. The summed E-state index contributed by atoms with van der Waals surface area (Å²) in [6.45, 7) is 5.73. The Morgan fingerprint density at radius 1 is 1.18 bits per heavy atom. The molecule has 6 nitrogen and oxygen atoms in total. The van der Waals surface area contributed by atoms with Crippen molar-refractivity contribution in [3.63, 3.8) is 0 Å². The van der Waals surface area contributed by atoms with Gasteiger partial charge in [-0.15, -0.1) is 0 Å². The van der Waals surface area contributed by atoms with E-state index in [0.29, 0.717) is 10.7 Å². The molecule has 0 aliphatic heterocycles. The van der Waals surface area contributed by atoms with Crippen molar-refractivity contribution in [2.24, 2.45) is 0 Å². The highest BCUT2D eigenvalue weighted by molar-refractivity contribution is 7.89. The number of nitrogens with one attached hydrogen (secondary N) is 1. The van der Waals surface area contributed by atoms with E-state index in [1.54, 1.807) is 6.92 Å². The van der Waals surface area contributed by atoms with Gasteiger partial charge in [0.05, 0.1) is 5.69 Å². The van der Waals surface area contributed by atoms with Gasteiger partial charge in [0.15, 0.2) is 5.03 Å². The van der Waals surface area contributed by atoms with Crippen LogP contribution in [0.4, 0.5) is 0 Å². The summed E-state index contributed by atoms with van der Waals surface area (Å²) in [6.07, 6.45) is 0. The third-order valence-corrected chi connectivity index (χ3v) is 5.59. The Bertz CT molecular complexity index is 924. The van der Waals surface area contributed by atoms with Gasteiger partial charge in [-0.1, -0.05) is 41.2 Å². The summed E-state index contributed by atoms with van der Waals surface area (Å²) >= 11 is 1.37. The first kappa shape index (κ1) is 15.1. The van der Waals surface area contributed by atoms with E-state index in [9.17, 15) is 8.42 Å². The lowest BCUT2D eigenvalue weighted by Gasteiger charge is -2.06. The first-order valence-electron chi connectivity index (χ1n) is 6.75. The zero-order valence-corrected chi connectivity index (χ0v) is 14.1. The van der Waals surface area contributed by atoms with Crippen LogP contribution in [0.15, 0.2) is 29.3 Å². The van der Waals surface area contributed by atoms with Crippen molar-refractivity contribution in [1.82, 2.24) is 19.3 Å². The first-order valence-corrected chi connectivity index (χ1v) is 9.05. The van der Waals surface area contributed by atoms with Crippen LogP contribution in [0.25, 0.3) is 4.96 Å². The van der Waals surface area contributed by atoms with E-state index < -0.39 is 10.0 Å². The number of aryl methyl sites for hydroxylation is 3. The Kier molecular flexibility index (Phi) is 3.75. The number of benzene rings is 1. The average molecular weight is 336 g/mol. The molecule has 0 atom stereocenters. The maximum absolute atomic E-state index is 12.6. The lowest BCUT2D eigenvalue weighted by molar-refractivity contribution is 0.572. The largest absolute Gasteiger partial charge is 0.260 e. The number of imidazole rings is 1. The molecule has 0 bridgehead atoms. The van der Waals surface area contributed by atoms with Gasteiger partial charge in [-0.3, -0.25) is 0 Å². The molecule has 2 heterocycles. The molecule has 3 aromatic rings. The molecule has 1 N–H and O–H groups in total. The van der Waals surface area contributed by atoms with E-state index >= 15 is 0 Å². The van der Waals surface area contributed by atoms with E-state index in [1.807, 2.05) is 38.1 Å². The van der Waals surface area contributed by atoms with Gasteiger partial charge in [0.1, 0.15) is 5.01 Å². The number of hydrogen-bond donors (Lipinski definition) is 1. The molecule has 116 valence electrons. The van der Waals surface area contributed by atoms with Crippen LogP contribution < -0.4 is 4.72 Å². The molecule has 22 heavy (non-hydrogen) atoms. The van der Waals surface area contributed by atoms with Crippen LogP contribution in [0.3, 0.4) is 0 Å². The summed E-state index contributed by atoms with van der Waals surface area (Å²) in [6, 6.07) is 7.72. The van der Waals surface area contributed by atoms with Gasteiger partial charge in [0, 0.05) is 6.54 Å². The highest BCUT2D eigenvalue weighted by atomic mass is 32.2. The van der Waals surface area contributed by atoms with Gasteiger partial charge in [0.25, 0.3) is 10.0 Å². The number of aromatic nitrogens is 3. The second-order valence-corrected chi connectivity index (χ2v) is 7.97. The molecule has 0 spiro atoms. The smallest absolute Gasteiger partial charge is 0.221 e. The number of sulfonamides is 1. The third kappa shape index (κ3) is 2.77. The highest BCUT2D eigenvalue weighted by Crippen LogP contribution is 2.21. The summed E-state index contributed by atoms with van der Waals surface area (Å²) in [5.74, 6) is 0. The predicted molar refractivity (Wildman–Crippen MR) is 85.5 cm³/mol. The van der Waals surface area contributed by atoms with Gasteiger partial charge in [0.2, 0.25) is 4.96 Å². The summed E-state index contributed by atoms with van der Waals surface area (Å²) < 4.78 is 29.2. The SMILES string of the molecule is Cc1ccc(CNS(=O)(=O)c2c(C)nc3sc(C)nn23)cc1. The zero-order chi connectivity index (χ0) is 15.9. The average Bonchev–Trinajstić information content (AvgIpc) is 2.92. The second-order valence-electron chi connectivity index (χ2n) is 5.13. The molecule has 0 amide bonds. The maximum atomic E-state index is 12.6. The molecule has 0 unspecified atom stereocenters. The van der Waals surface area contributed by atoms with Crippen LogP contribution in [0, 0.1) is 20.8 Å². The molecule has 0 aliphatic carbocycles. The lowest BCUT2D eigenvalue weighted by Crippen LogP contribution is -2.25. The minimum absolute atomic E-state index is 0.110. The molecule has 0 saturated heterocycles. The zero-order valence-electron chi connectivity index (χ0n) is 12.5. The fraction of sp³-hybridized carbons (Fsp3) is 0.286. The molecular formula is C14H16N4O2S2. The Morgan fingerprint density at radius 3 is 2.55 bits per heavy atom. The summed E-state index contributed by atoms with van der Waals surface area (Å²) in [7, 11) is -3.67. The molecule has 8 heteroatoms. The van der Waals surface area contributed by atoms with Gasteiger partial charge < -0.3 is 0 Å². The van der Waals surface area contributed by atoms with E-state index in [0.717, 1.165) is 16.1 Å². The van der Waals surface area contributed by atoms with Gasteiger partial charge in [-0.05, 0) is 26.3 Å². The normalized spacial score (nSPS) is 12.1. The minimum atomic E-state index is -3.67. The maximum Gasteiger partial charge on any atom is 0.260 e.